The summed E-state index contributed by atoms with van der Waals surface area (Å²) in [5.74, 6) is 2.59. The molecule has 4 nitrogen and oxygen atoms in total. The molecule has 3 aromatic rings. The van der Waals surface area contributed by atoms with Gasteiger partial charge in [-0.1, -0.05) is 53.8 Å². The van der Waals surface area contributed by atoms with Gasteiger partial charge in [-0.2, -0.15) is 0 Å². The Kier molecular flexibility index (Phi) is 4.49. The van der Waals surface area contributed by atoms with Gasteiger partial charge in [-0.3, -0.25) is 9.69 Å². The normalized spacial score (nSPS) is 28.6. The second kappa shape index (κ2) is 7.27. The highest BCUT2D eigenvalue weighted by atomic mass is 32.1. The minimum Gasteiger partial charge on any atom is -0.286 e. The molecule has 5 heteroatoms. The van der Waals surface area contributed by atoms with E-state index in [1.165, 1.54) is 43.5 Å². The maximum Gasteiger partial charge on any atom is 0.259 e. The zero-order valence-corrected chi connectivity index (χ0v) is 18.6. The number of anilines is 1. The summed E-state index contributed by atoms with van der Waals surface area (Å²) in [5, 5.41) is 11.0. The van der Waals surface area contributed by atoms with Crippen molar-refractivity contribution in [3.05, 3.63) is 65.2 Å². The fraction of sp³-hybridized carbons (Fsp3) is 0.423. The van der Waals surface area contributed by atoms with Crippen LogP contribution in [0.5, 0.6) is 0 Å². The Morgan fingerprint density at radius 3 is 2.06 bits per heavy atom. The lowest BCUT2D eigenvalue weighted by molar-refractivity contribution is -0.00555. The number of hydrogen-bond acceptors (Lipinski definition) is 4. The van der Waals surface area contributed by atoms with Crippen LogP contribution in [0.2, 0.25) is 0 Å². The van der Waals surface area contributed by atoms with E-state index in [9.17, 15) is 4.79 Å². The lowest BCUT2D eigenvalue weighted by atomic mass is 9.50. The van der Waals surface area contributed by atoms with E-state index in [-0.39, 0.29) is 11.3 Å². The molecule has 4 bridgehead atoms. The van der Waals surface area contributed by atoms with Gasteiger partial charge in [0, 0.05) is 18.0 Å². The predicted octanol–water partition coefficient (Wildman–Crippen LogP) is 5.95. The van der Waals surface area contributed by atoms with Crippen molar-refractivity contribution in [3.63, 3.8) is 0 Å². The predicted molar refractivity (Wildman–Crippen MR) is 124 cm³/mol. The molecule has 31 heavy (non-hydrogen) atoms. The quantitative estimate of drug-likeness (QED) is 0.515. The van der Waals surface area contributed by atoms with E-state index in [0.29, 0.717) is 10.7 Å². The van der Waals surface area contributed by atoms with Crippen molar-refractivity contribution < 1.29 is 4.79 Å². The first-order valence-electron chi connectivity index (χ1n) is 11.4. The van der Waals surface area contributed by atoms with Gasteiger partial charge in [0.25, 0.3) is 5.91 Å². The van der Waals surface area contributed by atoms with E-state index >= 15 is 0 Å². The number of carbonyl (C=O) groups excluding carboxylic acids is 1. The van der Waals surface area contributed by atoms with Crippen LogP contribution in [0.4, 0.5) is 5.13 Å². The van der Waals surface area contributed by atoms with Crippen LogP contribution in [-0.2, 0) is 5.41 Å². The maximum absolute atomic E-state index is 13.1. The highest BCUT2D eigenvalue weighted by molar-refractivity contribution is 7.15. The van der Waals surface area contributed by atoms with Gasteiger partial charge in [0.1, 0.15) is 5.01 Å². The summed E-state index contributed by atoms with van der Waals surface area (Å²) in [6.45, 7) is 0. The van der Waals surface area contributed by atoms with Crippen molar-refractivity contribution in [1.29, 1.82) is 0 Å². The molecule has 4 saturated carbocycles. The number of hydrogen-bond donors (Lipinski definition) is 0. The number of amides is 1. The first-order valence-corrected chi connectivity index (χ1v) is 12.2. The molecule has 0 unspecified atom stereocenters. The van der Waals surface area contributed by atoms with Crippen molar-refractivity contribution in [3.8, 4) is 11.1 Å². The Labute approximate surface area is 187 Å². The number of carbonyl (C=O) groups is 1. The highest BCUT2D eigenvalue weighted by Gasteiger charge is 2.53. The van der Waals surface area contributed by atoms with E-state index in [2.05, 4.69) is 22.3 Å². The first kappa shape index (κ1) is 19.2. The minimum absolute atomic E-state index is 0.0344. The summed E-state index contributed by atoms with van der Waals surface area (Å²) in [5.41, 5.74) is 3.17. The standard InChI is InChI=1S/C26H27N3OS/c1-29(23(30)22-9-7-21(8-10-22)20-5-3-2-4-6-20)25-28-27-24(31-25)26-14-17-11-18(15-26)13-19(12-17)16-26/h2-10,17-19H,11-16H2,1H3. The Hall–Kier alpha value is -2.53. The Morgan fingerprint density at radius 1 is 0.871 bits per heavy atom. The molecule has 0 saturated heterocycles. The second-order valence-corrected chi connectivity index (χ2v) is 10.9. The third kappa shape index (κ3) is 3.30. The fourth-order valence-electron chi connectivity index (χ4n) is 6.65. The fourth-order valence-corrected chi connectivity index (χ4v) is 7.68. The molecule has 0 N–H and O–H groups in total. The van der Waals surface area contributed by atoms with Crippen LogP contribution in [0.3, 0.4) is 0 Å². The molecule has 1 aromatic heterocycles. The number of benzene rings is 2. The van der Waals surface area contributed by atoms with Gasteiger partial charge >= 0.3 is 0 Å². The molecule has 2 aromatic carbocycles. The van der Waals surface area contributed by atoms with Crippen LogP contribution in [0.1, 0.15) is 53.9 Å². The molecule has 4 aliphatic rings. The molecule has 158 valence electrons. The van der Waals surface area contributed by atoms with Gasteiger partial charge < -0.3 is 0 Å². The summed E-state index contributed by atoms with van der Waals surface area (Å²) in [6.07, 6.45) is 8.07. The van der Waals surface area contributed by atoms with Crippen LogP contribution >= 0.6 is 11.3 Å². The largest absolute Gasteiger partial charge is 0.286 e. The minimum atomic E-state index is -0.0344. The summed E-state index contributed by atoms with van der Waals surface area (Å²) in [4.78, 5) is 14.8. The summed E-state index contributed by atoms with van der Waals surface area (Å²) < 4.78 is 0. The molecule has 0 radical (unpaired) electrons. The molecule has 0 spiro atoms. The highest BCUT2D eigenvalue weighted by Crippen LogP contribution is 2.61. The molecule has 4 fully saturated rings. The summed E-state index contributed by atoms with van der Waals surface area (Å²) in [7, 11) is 1.82. The zero-order chi connectivity index (χ0) is 21.0. The molecule has 0 aliphatic heterocycles. The average Bonchev–Trinajstić information content (AvgIpc) is 3.29. The Balaban J connectivity index is 1.21. The van der Waals surface area contributed by atoms with E-state index in [0.717, 1.165) is 28.9 Å². The van der Waals surface area contributed by atoms with Gasteiger partial charge in [0.05, 0.1) is 0 Å². The van der Waals surface area contributed by atoms with Gasteiger partial charge in [-0.25, -0.2) is 0 Å². The van der Waals surface area contributed by atoms with Crippen molar-refractivity contribution in [1.82, 2.24) is 10.2 Å². The van der Waals surface area contributed by atoms with Gasteiger partial charge in [-0.05, 0) is 79.5 Å². The molecule has 7 rings (SSSR count). The Bertz CT molecular complexity index is 1070. The van der Waals surface area contributed by atoms with E-state index in [1.54, 1.807) is 16.2 Å². The van der Waals surface area contributed by atoms with Crippen molar-refractivity contribution in [2.45, 2.75) is 43.9 Å². The van der Waals surface area contributed by atoms with Crippen LogP contribution < -0.4 is 4.90 Å². The molecule has 1 amide bonds. The SMILES string of the molecule is CN(C(=O)c1ccc(-c2ccccc2)cc1)c1nnc(C23CC4CC(CC(C4)C2)C3)s1. The van der Waals surface area contributed by atoms with E-state index in [1.807, 2.05) is 49.5 Å². The monoisotopic (exact) mass is 429 g/mol. The Morgan fingerprint density at radius 2 is 1.45 bits per heavy atom. The molecular formula is C26H27N3OS. The molecule has 0 atom stereocenters. The zero-order valence-electron chi connectivity index (χ0n) is 17.8. The first-order chi connectivity index (χ1) is 15.1. The van der Waals surface area contributed by atoms with Crippen LogP contribution in [0.15, 0.2) is 54.6 Å². The third-order valence-corrected chi connectivity index (χ3v) is 8.98. The summed E-state index contributed by atoms with van der Waals surface area (Å²) in [6, 6.07) is 18.1. The topological polar surface area (TPSA) is 46.1 Å². The number of rotatable bonds is 4. The molecular weight excluding hydrogens is 402 g/mol. The lowest BCUT2D eigenvalue weighted by Crippen LogP contribution is -2.48. The molecule has 4 aliphatic carbocycles. The lowest BCUT2D eigenvalue weighted by Gasteiger charge is -2.55. The number of nitrogens with zero attached hydrogens (tertiary/aromatic N) is 3. The smallest absolute Gasteiger partial charge is 0.259 e. The van der Waals surface area contributed by atoms with Crippen molar-refractivity contribution >= 4 is 22.4 Å². The maximum atomic E-state index is 13.1. The second-order valence-electron chi connectivity index (χ2n) is 9.90. The van der Waals surface area contributed by atoms with Crippen molar-refractivity contribution in [2.24, 2.45) is 17.8 Å². The van der Waals surface area contributed by atoms with Crippen molar-refractivity contribution in [2.75, 3.05) is 11.9 Å². The van der Waals surface area contributed by atoms with Gasteiger partial charge in [-0.15, -0.1) is 10.2 Å². The van der Waals surface area contributed by atoms with Crippen LogP contribution in [-0.4, -0.2) is 23.2 Å². The third-order valence-electron chi connectivity index (χ3n) is 7.74. The molecule has 1 heterocycles. The van der Waals surface area contributed by atoms with Crippen LogP contribution in [0.25, 0.3) is 11.1 Å². The van der Waals surface area contributed by atoms with Gasteiger partial charge in [0.2, 0.25) is 5.13 Å². The van der Waals surface area contributed by atoms with E-state index in [4.69, 9.17) is 0 Å². The summed E-state index contributed by atoms with van der Waals surface area (Å²) >= 11 is 1.64. The number of aromatic nitrogens is 2. The van der Waals surface area contributed by atoms with Crippen LogP contribution in [0, 0.1) is 17.8 Å². The van der Waals surface area contributed by atoms with Gasteiger partial charge in [0.15, 0.2) is 0 Å². The average molecular weight is 430 g/mol. The van der Waals surface area contributed by atoms with E-state index < -0.39 is 0 Å².